The molecule has 3 rings (SSSR count). The minimum Gasteiger partial charge on any atom is -0.443 e. The lowest BCUT2D eigenvalue weighted by atomic mass is 9.78. The molecule has 2 bridgehead atoms. The summed E-state index contributed by atoms with van der Waals surface area (Å²) in [6.07, 6.45) is 12.5. The lowest BCUT2D eigenvalue weighted by Gasteiger charge is -2.40. The Morgan fingerprint density at radius 3 is 2.05 bits per heavy atom. The lowest BCUT2D eigenvalue weighted by molar-refractivity contribution is -0.0596. The van der Waals surface area contributed by atoms with Gasteiger partial charge in [0.1, 0.15) is 5.60 Å². The first kappa shape index (κ1) is 14.2. The topological polar surface area (TPSA) is 29.5 Å². The molecule has 114 valence electrons. The predicted molar refractivity (Wildman–Crippen MR) is 79.6 cm³/mol. The maximum atomic E-state index is 12.5. The number of hydrogen-bond donors (Lipinski definition) is 0. The number of likely N-dealkylation sites (tertiary alicyclic amines) is 1. The van der Waals surface area contributed by atoms with Gasteiger partial charge in [-0.3, -0.25) is 0 Å². The van der Waals surface area contributed by atoms with Crippen molar-refractivity contribution in [2.75, 3.05) is 13.1 Å². The minimum atomic E-state index is -0.186. The number of hydrogen-bond acceptors (Lipinski definition) is 2. The summed E-state index contributed by atoms with van der Waals surface area (Å²) in [6, 6.07) is 0. The van der Waals surface area contributed by atoms with Gasteiger partial charge in [0.2, 0.25) is 0 Å². The fraction of sp³-hybridized carbons (Fsp3) is 0.941. The normalized spacial score (nSPS) is 38.1. The molecule has 2 aliphatic carbocycles. The monoisotopic (exact) mass is 279 g/mol. The minimum absolute atomic E-state index is 0.0373. The smallest absolute Gasteiger partial charge is 0.410 e. The van der Waals surface area contributed by atoms with Gasteiger partial charge in [0.25, 0.3) is 0 Å². The number of rotatable bonds is 1. The van der Waals surface area contributed by atoms with Crippen LogP contribution in [-0.2, 0) is 4.74 Å². The van der Waals surface area contributed by atoms with Crippen molar-refractivity contribution in [3.63, 3.8) is 0 Å². The number of amides is 1. The Kier molecular flexibility index (Phi) is 4.23. The standard InChI is InChI=1S/C17H29NO2/c1-17(20-16(19)18-12-6-3-7-13-18)14-8-4-2-5-9-15(17)11-10-14/h14-15H,2-13H2,1H3. The predicted octanol–water partition coefficient (Wildman–Crippen LogP) is 4.36. The van der Waals surface area contributed by atoms with Crippen molar-refractivity contribution in [2.45, 2.75) is 76.7 Å². The van der Waals surface area contributed by atoms with Crippen molar-refractivity contribution in [3.8, 4) is 0 Å². The molecule has 0 N–H and O–H groups in total. The van der Waals surface area contributed by atoms with Crippen molar-refractivity contribution in [1.29, 1.82) is 0 Å². The van der Waals surface area contributed by atoms with Crippen LogP contribution in [0.2, 0.25) is 0 Å². The van der Waals surface area contributed by atoms with Gasteiger partial charge in [0.15, 0.2) is 0 Å². The van der Waals surface area contributed by atoms with E-state index in [1.54, 1.807) is 0 Å². The summed E-state index contributed by atoms with van der Waals surface area (Å²) in [7, 11) is 0. The summed E-state index contributed by atoms with van der Waals surface area (Å²) >= 11 is 0. The first-order valence-corrected chi connectivity index (χ1v) is 8.68. The molecule has 1 amide bonds. The van der Waals surface area contributed by atoms with E-state index in [1.165, 1.54) is 51.4 Å². The number of nitrogens with zero attached hydrogens (tertiary/aromatic N) is 1. The van der Waals surface area contributed by atoms with Crippen LogP contribution in [0.25, 0.3) is 0 Å². The van der Waals surface area contributed by atoms with Gasteiger partial charge in [-0.15, -0.1) is 0 Å². The maximum Gasteiger partial charge on any atom is 0.410 e. The van der Waals surface area contributed by atoms with Crippen LogP contribution in [-0.4, -0.2) is 29.7 Å². The summed E-state index contributed by atoms with van der Waals surface area (Å²) in [5.41, 5.74) is -0.186. The molecule has 1 saturated heterocycles. The van der Waals surface area contributed by atoms with E-state index >= 15 is 0 Å². The molecule has 1 aliphatic heterocycles. The highest BCUT2D eigenvalue weighted by Crippen LogP contribution is 2.49. The van der Waals surface area contributed by atoms with Crippen LogP contribution in [0.15, 0.2) is 0 Å². The molecule has 1 heterocycles. The van der Waals surface area contributed by atoms with Crippen LogP contribution in [0.3, 0.4) is 0 Å². The summed E-state index contributed by atoms with van der Waals surface area (Å²) in [6.45, 7) is 4.01. The van der Waals surface area contributed by atoms with Gasteiger partial charge in [-0.1, -0.05) is 19.3 Å². The average Bonchev–Trinajstić information content (AvgIpc) is 2.82. The second-order valence-corrected chi connectivity index (χ2v) is 7.21. The van der Waals surface area contributed by atoms with E-state index in [0.717, 1.165) is 25.9 Å². The van der Waals surface area contributed by atoms with E-state index in [2.05, 4.69) is 6.92 Å². The highest BCUT2D eigenvalue weighted by molar-refractivity contribution is 5.68. The van der Waals surface area contributed by atoms with Gasteiger partial charge in [0, 0.05) is 13.1 Å². The molecule has 0 spiro atoms. The summed E-state index contributed by atoms with van der Waals surface area (Å²) < 4.78 is 6.13. The van der Waals surface area contributed by atoms with E-state index in [9.17, 15) is 4.79 Å². The summed E-state index contributed by atoms with van der Waals surface area (Å²) in [5, 5.41) is 0. The third kappa shape index (κ3) is 2.68. The molecule has 3 aliphatic rings. The van der Waals surface area contributed by atoms with Crippen molar-refractivity contribution in [3.05, 3.63) is 0 Å². The molecule has 2 saturated carbocycles. The highest BCUT2D eigenvalue weighted by atomic mass is 16.6. The van der Waals surface area contributed by atoms with Crippen molar-refractivity contribution >= 4 is 6.09 Å². The zero-order valence-electron chi connectivity index (χ0n) is 12.9. The van der Waals surface area contributed by atoms with E-state index in [-0.39, 0.29) is 11.7 Å². The molecule has 0 aromatic heterocycles. The molecule has 0 aromatic rings. The van der Waals surface area contributed by atoms with Crippen LogP contribution < -0.4 is 0 Å². The SMILES string of the molecule is CC1(OC(=O)N2CCCCC2)C2CCCCCC1CC2. The third-order valence-corrected chi connectivity index (χ3v) is 6.01. The molecular formula is C17H29NO2. The quantitative estimate of drug-likeness (QED) is 0.714. The number of carbonyl (C=O) groups is 1. The van der Waals surface area contributed by atoms with Crippen LogP contribution in [0.5, 0.6) is 0 Å². The zero-order valence-corrected chi connectivity index (χ0v) is 12.9. The first-order chi connectivity index (χ1) is 9.70. The molecule has 0 radical (unpaired) electrons. The van der Waals surface area contributed by atoms with Crippen LogP contribution in [0.1, 0.15) is 71.1 Å². The van der Waals surface area contributed by atoms with E-state index in [0.29, 0.717) is 11.8 Å². The van der Waals surface area contributed by atoms with Gasteiger partial charge in [-0.2, -0.15) is 0 Å². The lowest BCUT2D eigenvalue weighted by Crippen LogP contribution is -2.47. The number of ether oxygens (including phenoxy) is 1. The third-order valence-electron chi connectivity index (χ3n) is 6.01. The van der Waals surface area contributed by atoms with E-state index in [4.69, 9.17) is 4.74 Å². The van der Waals surface area contributed by atoms with Gasteiger partial charge >= 0.3 is 6.09 Å². The molecule has 2 atom stereocenters. The Bertz CT molecular complexity index is 335. The number of fused-ring (bicyclic) bond motifs is 2. The Hall–Kier alpha value is -0.730. The van der Waals surface area contributed by atoms with E-state index < -0.39 is 0 Å². The summed E-state index contributed by atoms with van der Waals surface area (Å²) in [4.78, 5) is 14.4. The van der Waals surface area contributed by atoms with Crippen LogP contribution in [0, 0.1) is 11.8 Å². The largest absolute Gasteiger partial charge is 0.443 e. The molecule has 20 heavy (non-hydrogen) atoms. The fourth-order valence-corrected chi connectivity index (χ4v) is 4.62. The number of carbonyl (C=O) groups excluding carboxylic acids is 1. The van der Waals surface area contributed by atoms with Crippen molar-refractivity contribution in [1.82, 2.24) is 4.90 Å². The molecule has 3 fully saturated rings. The zero-order chi connectivity index (χ0) is 14.0. The Balaban J connectivity index is 1.68. The van der Waals surface area contributed by atoms with Crippen LogP contribution >= 0.6 is 0 Å². The van der Waals surface area contributed by atoms with E-state index in [1.807, 2.05) is 4.90 Å². The van der Waals surface area contributed by atoms with Gasteiger partial charge in [-0.05, 0) is 63.7 Å². The highest BCUT2D eigenvalue weighted by Gasteiger charge is 2.50. The second-order valence-electron chi connectivity index (χ2n) is 7.21. The number of piperidine rings is 1. The van der Waals surface area contributed by atoms with Crippen molar-refractivity contribution in [2.24, 2.45) is 11.8 Å². The molecular weight excluding hydrogens is 250 g/mol. The van der Waals surface area contributed by atoms with Gasteiger partial charge in [-0.25, -0.2) is 4.79 Å². The Morgan fingerprint density at radius 1 is 0.900 bits per heavy atom. The Morgan fingerprint density at radius 2 is 1.45 bits per heavy atom. The maximum absolute atomic E-state index is 12.5. The van der Waals surface area contributed by atoms with Gasteiger partial charge < -0.3 is 9.64 Å². The summed E-state index contributed by atoms with van der Waals surface area (Å²) in [5.74, 6) is 1.20. The first-order valence-electron chi connectivity index (χ1n) is 8.68. The molecule has 2 unspecified atom stereocenters. The average molecular weight is 279 g/mol. The molecule has 0 aromatic carbocycles. The van der Waals surface area contributed by atoms with Crippen molar-refractivity contribution < 1.29 is 9.53 Å². The Labute approximate surface area is 123 Å². The van der Waals surface area contributed by atoms with Gasteiger partial charge in [0.05, 0.1) is 0 Å². The van der Waals surface area contributed by atoms with Crippen LogP contribution in [0.4, 0.5) is 4.79 Å². The second kappa shape index (κ2) is 5.95. The molecule has 3 heteroatoms. The molecule has 3 nitrogen and oxygen atoms in total. The fourth-order valence-electron chi connectivity index (χ4n) is 4.62.